The molecule has 3 rings (SSSR count). The summed E-state index contributed by atoms with van der Waals surface area (Å²) in [4.78, 5) is 12.4. The molecule has 0 aromatic heterocycles. The minimum absolute atomic E-state index is 0. The summed E-state index contributed by atoms with van der Waals surface area (Å²) in [7, 11) is 1.59. The molecule has 0 heterocycles. The Morgan fingerprint density at radius 3 is 2.33 bits per heavy atom. The molecule has 0 radical (unpaired) electrons. The first kappa shape index (κ1) is 18.3. The molecule has 0 unspecified atom stereocenters. The predicted octanol–water partition coefficient (Wildman–Crippen LogP) is 0.487. The Morgan fingerprint density at radius 1 is 1.04 bits per heavy atom. The number of rotatable bonds is 3. The molecular weight excluding hydrogens is 313 g/mol. The Morgan fingerprint density at radius 2 is 1.71 bits per heavy atom. The van der Waals surface area contributed by atoms with Crippen LogP contribution in [0.4, 0.5) is 5.69 Å². The van der Waals surface area contributed by atoms with E-state index in [0.717, 1.165) is 22.1 Å². The van der Waals surface area contributed by atoms with Crippen molar-refractivity contribution >= 4 is 22.4 Å². The smallest absolute Gasteiger partial charge is 0.872 e. The Labute approximate surface area is 162 Å². The van der Waals surface area contributed by atoms with Crippen LogP contribution in [-0.2, 0) is 0 Å². The van der Waals surface area contributed by atoms with Crippen LogP contribution in [0.15, 0.2) is 54.6 Å². The van der Waals surface area contributed by atoms with E-state index in [1.165, 1.54) is 6.07 Å². The van der Waals surface area contributed by atoms with Crippen LogP contribution in [0, 0.1) is 6.92 Å². The number of carbonyl (C=O) groups is 1. The predicted molar refractivity (Wildman–Crippen MR) is 89.1 cm³/mol. The zero-order valence-electron chi connectivity index (χ0n) is 13.9. The summed E-state index contributed by atoms with van der Waals surface area (Å²) in [6.45, 7) is 1.87. The molecule has 116 valence electrons. The number of benzene rings is 3. The van der Waals surface area contributed by atoms with Crippen molar-refractivity contribution in [1.82, 2.24) is 0 Å². The van der Waals surface area contributed by atoms with E-state index >= 15 is 0 Å². The summed E-state index contributed by atoms with van der Waals surface area (Å²) in [6, 6.07) is 15.9. The summed E-state index contributed by atoms with van der Waals surface area (Å²) in [5.41, 5.74) is 1.66. The molecule has 3 aromatic rings. The second-order valence-electron chi connectivity index (χ2n) is 5.33. The first-order chi connectivity index (χ1) is 11.1. The topological polar surface area (TPSA) is 61.4 Å². The quantitative estimate of drug-likeness (QED) is 0.712. The Bertz CT molecular complexity index is 893. The summed E-state index contributed by atoms with van der Waals surface area (Å²) in [5, 5.41) is 16.7. The number of aryl methyl sites for hydroxylation is 1. The zero-order valence-corrected chi connectivity index (χ0v) is 15.9. The molecule has 0 fully saturated rings. The van der Waals surface area contributed by atoms with Gasteiger partial charge in [-0.1, -0.05) is 36.1 Å². The molecule has 1 N–H and O–H groups in total. The van der Waals surface area contributed by atoms with Gasteiger partial charge in [0.2, 0.25) is 0 Å². The van der Waals surface area contributed by atoms with E-state index in [0.29, 0.717) is 5.69 Å². The van der Waals surface area contributed by atoms with Gasteiger partial charge in [0, 0.05) is 11.3 Å². The van der Waals surface area contributed by atoms with E-state index < -0.39 is 5.91 Å². The number of carbonyl (C=O) groups excluding carboxylic acids is 1. The van der Waals surface area contributed by atoms with Crippen LogP contribution in [-0.4, -0.2) is 13.0 Å². The molecular formula is C19H16NNaO3. The van der Waals surface area contributed by atoms with Gasteiger partial charge >= 0.3 is 29.6 Å². The first-order valence-electron chi connectivity index (χ1n) is 7.24. The number of fused-ring (bicyclic) bond motifs is 1. The molecule has 0 aliphatic rings. The summed E-state index contributed by atoms with van der Waals surface area (Å²) < 4.78 is 5.14. The molecule has 0 atom stereocenters. The number of ether oxygens (including phenoxy) is 1. The number of methoxy groups -OCH3 is 1. The van der Waals surface area contributed by atoms with Gasteiger partial charge in [0.05, 0.1) is 7.11 Å². The van der Waals surface area contributed by atoms with Gasteiger partial charge in [-0.3, -0.25) is 4.79 Å². The van der Waals surface area contributed by atoms with E-state index in [1.54, 1.807) is 25.3 Å². The molecule has 0 aliphatic carbocycles. The Kier molecular flexibility index (Phi) is 5.89. The second-order valence-corrected chi connectivity index (χ2v) is 5.33. The molecule has 0 aliphatic heterocycles. The van der Waals surface area contributed by atoms with Gasteiger partial charge in [0.1, 0.15) is 5.75 Å². The van der Waals surface area contributed by atoms with Crippen LogP contribution in [0.5, 0.6) is 11.5 Å². The number of hydrogen-bond donors (Lipinski definition) is 1. The molecule has 5 heteroatoms. The average molecular weight is 329 g/mol. The third kappa shape index (κ3) is 3.73. The van der Waals surface area contributed by atoms with E-state index in [-0.39, 0.29) is 40.9 Å². The van der Waals surface area contributed by atoms with Gasteiger partial charge < -0.3 is 15.2 Å². The largest absolute Gasteiger partial charge is 1.00 e. The fourth-order valence-electron chi connectivity index (χ4n) is 2.49. The Hall–Kier alpha value is -2.01. The summed E-state index contributed by atoms with van der Waals surface area (Å²) >= 11 is 0. The van der Waals surface area contributed by atoms with Crippen molar-refractivity contribution in [3.63, 3.8) is 0 Å². The van der Waals surface area contributed by atoms with Gasteiger partial charge in [-0.2, -0.15) is 0 Å². The molecule has 24 heavy (non-hydrogen) atoms. The van der Waals surface area contributed by atoms with Gasteiger partial charge in [0.15, 0.2) is 0 Å². The minimum Gasteiger partial charge on any atom is -0.872 e. The molecule has 4 nitrogen and oxygen atoms in total. The van der Waals surface area contributed by atoms with Crippen LogP contribution < -0.4 is 44.7 Å². The van der Waals surface area contributed by atoms with Crippen molar-refractivity contribution in [2.24, 2.45) is 0 Å². The van der Waals surface area contributed by atoms with Gasteiger partial charge in [-0.05, 0) is 47.5 Å². The molecule has 3 aromatic carbocycles. The molecule has 0 saturated heterocycles. The SMILES string of the molecule is COc1ccc(NC(=O)c2cc3ccccc3cc2[O-])c(C)c1.[Na+]. The van der Waals surface area contributed by atoms with Crippen molar-refractivity contribution in [1.29, 1.82) is 0 Å². The van der Waals surface area contributed by atoms with Crippen molar-refractivity contribution in [2.75, 3.05) is 12.4 Å². The van der Waals surface area contributed by atoms with E-state index in [4.69, 9.17) is 4.74 Å². The molecule has 0 saturated carbocycles. The van der Waals surface area contributed by atoms with Crippen LogP contribution in [0.2, 0.25) is 0 Å². The van der Waals surface area contributed by atoms with Crippen LogP contribution >= 0.6 is 0 Å². The van der Waals surface area contributed by atoms with Gasteiger partial charge in [-0.25, -0.2) is 0 Å². The average Bonchev–Trinajstić information content (AvgIpc) is 2.55. The Balaban J connectivity index is 0.00000208. The fraction of sp³-hybridized carbons (Fsp3) is 0.105. The van der Waals surface area contributed by atoms with E-state index in [9.17, 15) is 9.90 Å². The number of nitrogens with one attached hydrogen (secondary N) is 1. The second kappa shape index (κ2) is 7.71. The summed E-state index contributed by atoms with van der Waals surface area (Å²) in [6.07, 6.45) is 0. The van der Waals surface area contributed by atoms with E-state index in [2.05, 4.69) is 5.32 Å². The van der Waals surface area contributed by atoms with Gasteiger partial charge in [-0.15, -0.1) is 0 Å². The number of hydrogen-bond acceptors (Lipinski definition) is 3. The van der Waals surface area contributed by atoms with Crippen LogP contribution in [0.3, 0.4) is 0 Å². The molecule has 0 bridgehead atoms. The maximum atomic E-state index is 12.4. The first-order valence-corrected chi connectivity index (χ1v) is 7.24. The third-order valence-corrected chi connectivity index (χ3v) is 3.77. The summed E-state index contributed by atoms with van der Waals surface area (Å²) in [5.74, 6) is 0.0251. The standard InChI is InChI=1S/C19H17NO3.Na/c1-12-9-15(23-2)7-8-17(12)20-19(22)16-10-13-5-3-4-6-14(13)11-18(16)21;/h3-11,21H,1-2H3,(H,20,22);/q;+1/p-1. The van der Waals surface area contributed by atoms with Crippen molar-refractivity contribution in [3.05, 3.63) is 65.7 Å². The molecule has 0 spiro atoms. The third-order valence-electron chi connectivity index (χ3n) is 3.77. The van der Waals surface area contributed by atoms with Crippen molar-refractivity contribution < 1.29 is 44.2 Å². The van der Waals surface area contributed by atoms with Crippen molar-refractivity contribution in [2.45, 2.75) is 6.92 Å². The monoisotopic (exact) mass is 329 g/mol. The molecule has 1 amide bonds. The zero-order chi connectivity index (χ0) is 16.4. The van der Waals surface area contributed by atoms with E-state index in [1.807, 2.05) is 37.3 Å². The number of amides is 1. The maximum Gasteiger partial charge on any atom is 1.00 e. The van der Waals surface area contributed by atoms with Crippen LogP contribution in [0.1, 0.15) is 15.9 Å². The van der Waals surface area contributed by atoms with Crippen LogP contribution in [0.25, 0.3) is 10.8 Å². The minimum atomic E-state index is -0.408. The normalized spacial score (nSPS) is 10.1. The fourth-order valence-corrected chi connectivity index (χ4v) is 2.49. The maximum absolute atomic E-state index is 12.4. The number of anilines is 1. The van der Waals surface area contributed by atoms with Gasteiger partial charge in [0.25, 0.3) is 5.91 Å². The van der Waals surface area contributed by atoms with Crippen molar-refractivity contribution in [3.8, 4) is 11.5 Å².